The minimum absolute atomic E-state index is 0.318. The number of aromatic nitrogens is 2. The summed E-state index contributed by atoms with van der Waals surface area (Å²) in [5.41, 5.74) is -0.318. The van der Waals surface area contributed by atoms with Crippen molar-refractivity contribution in [2.24, 2.45) is 5.92 Å². The van der Waals surface area contributed by atoms with Gasteiger partial charge in [-0.1, -0.05) is 27.7 Å². The highest BCUT2D eigenvalue weighted by Crippen LogP contribution is 2.16. The molecule has 7 heteroatoms. The number of carbonyl (C=O) groups excluding carboxylic acids is 1. The predicted octanol–water partition coefficient (Wildman–Crippen LogP) is 5.00. The van der Waals surface area contributed by atoms with Crippen LogP contribution in [0.2, 0.25) is 0 Å². The van der Waals surface area contributed by atoms with Crippen molar-refractivity contribution in [2.45, 2.75) is 66.9 Å². The minimum atomic E-state index is -0.318. The van der Waals surface area contributed by atoms with Crippen molar-refractivity contribution in [3.05, 3.63) is 17.0 Å². The minimum Gasteiger partial charge on any atom is -0.462 e. The lowest BCUT2D eigenvalue weighted by Crippen LogP contribution is -2.33. The molecule has 158 valence electrons. The molecule has 0 bridgehead atoms. The van der Waals surface area contributed by atoms with Crippen molar-refractivity contribution in [2.75, 3.05) is 32.0 Å². The SMILES string of the molecule is CC.CC.CC(C)(C)OC=O.CN1CCC(CNc2cnc(Br)cn2)CC1. The number of piperidine rings is 1. The van der Waals surface area contributed by atoms with E-state index >= 15 is 0 Å². The third-order valence-electron chi connectivity index (χ3n) is 3.43. The molecule has 0 spiro atoms. The fourth-order valence-corrected chi connectivity index (χ4v) is 2.27. The Morgan fingerprint density at radius 2 is 1.74 bits per heavy atom. The van der Waals surface area contributed by atoms with Crippen LogP contribution < -0.4 is 5.32 Å². The highest BCUT2D eigenvalue weighted by molar-refractivity contribution is 9.10. The summed E-state index contributed by atoms with van der Waals surface area (Å²) in [5, 5.41) is 3.34. The molecule has 27 heavy (non-hydrogen) atoms. The summed E-state index contributed by atoms with van der Waals surface area (Å²) >= 11 is 3.27. The molecule has 0 atom stereocenters. The van der Waals surface area contributed by atoms with Gasteiger partial charge in [0, 0.05) is 6.54 Å². The molecule has 1 aromatic rings. The molecule has 2 rings (SSSR count). The van der Waals surface area contributed by atoms with Gasteiger partial charge in [-0.25, -0.2) is 9.97 Å². The summed E-state index contributed by atoms with van der Waals surface area (Å²) in [6.07, 6.45) is 6.02. The van der Waals surface area contributed by atoms with Crippen LogP contribution >= 0.6 is 15.9 Å². The number of hydrogen-bond acceptors (Lipinski definition) is 6. The van der Waals surface area contributed by atoms with Crippen molar-refractivity contribution in [1.29, 1.82) is 0 Å². The quantitative estimate of drug-likeness (QED) is 0.655. The Bertz CT molecular complexity index is 456. The van der Waals surface area contributed by atoms with Gasteiger partial charge in [0.15, 0.2) is 0 Å². The van der Waals surface area contributed by atoms with Crippen LogP contribution in [0, 0.1) is 5.92 Å². The number of rotatable bonds is 4. The Labute approximate surface area is 174 Å². The van der Waals surface area contributed by atoms with Crippen LogP contribution in [0.15, 0.2) is 17.0 Å². The van der Waals surface area contributed by atoms with E-state index in [1.807, 2.05) is 48.5 Å². The number of likely N-dealkylation sites (tertiary alicyclic amines) is 1. The Kier molecular flexibility index (Phi) is 17.6. The number of carbonyl (C=O) groups is 1. The largest absolute Gasteiger partial charge is 0.462 e. The van der Waals surface area contributed by atoms with Crippen LogP contribution in [-0.4, -0.2) is 53.6 Å². The van der Waals surface area contributed by atoms with Crippen LogP contribution in [0.5, 0.6) is 0 Å². The second kappa shape index (κ2) is 16.9. The maximum atomic E-state index is 9.60. The highest BCUT2D eigenvalue weighted by atomic mass is 79.9. The highest BCUT2D eigenvalue weighted by Gasteiger charge is 2.16. The van der Waals surface area contributed by atoms with Gasteiger partial charge in [-0.15, -0.1) is 0 Å². The van der Waals surface area contributed by atoms with E-state index in [4.69, 9.17) is 0 Å². The van der Waals surface area contributed by atoms with Crippen LogP contribution in [0.4, 0.5) is 5.82 Å². The molecule has 0 amide bonds. The lowest BCUT2D eigenvalue weighted by Gasteiger charge is -2.29. The first-order valence-electron chi connectivity index (χ1n) is 9.81. The molecule has 0 unspecified atom stereocenters. The topological polar surface area (TPSA) is 67.3 Å². The Morgan fingerprint density at radius 1 is 1.19 bits per heavy atom. The molecule has 1 fully saturated rings. The smallest absolute Gasteiger partial charge is 0.293 e. The standard InChI is InChI=1S/C11H17BrN4.C5H10O2.2C2H6/c1-16-4-2-9(3-5-16)6-14-11-8-13-10(12)7-15-11;1-5(2,3)7-4-6;2*1-2/h7-9H,2-6H2,1H3,(H,14,15);4H,1-3H3;2*1-2H3. The summed E-state index contributed by atoms with van der Waals surface area (Å²) in [4.78, 5) is 20.4. The van der Waals surface area contributed by atoms with E-state index < -0.39 is 0 Å². The van der Waals surface area contributed by atoms with Gasteiger partial charge in [0.1, 0.15) is 16.0 Å². The van der Waals surface area contributed by atoms with Gasteiger partial charge in [0.05, 0.1) is 12.4 Å². The molecule has 2 heterocycles. The van der Waals surface area contributed by atoms with Gasteiger partial charge in [-0.2, -0.15) is 0 Å². The molecule has 1 aromatic heterocycles. The van der Waals surface area contributed by atoms with E-state index in [0.29, 0.717) is 6.47 Å². The number of anilines is 1. The first-order valence-corrected chi connectivity index (χ1v) is 10.6. The van der Waals surface area contributed by atoms with E-state index in [2.05, 4.69) is 47.9 Å². The third kappa shape index (κ3) is 16.7. The normalized spacial score (nSPS) is 14.3. The van der Waals surface area contributed by atoms with E-state index in [1.54, 1.807) is 12.4 Å². The first-order chi connectivity index (χ1) is 12.8. The van der Waals surface area contributed by atoms with Gasteiger partial charge in [-0.05, 0) is 75.6 Å². The summed E-state index contributed by atoms with van der Waals surface area (Å²) < 4.78 is 5.32. The average Bonchev–Trinajstić information content (AvgIpc) is 2.65. The second-order valence-corrected chi connectivity index (χ2v) is 7.49. The van der Waals surface area contributed by atoms with Crippen molar-refractivity contribution >= 4 is 28.2 Å². The van der Waals surface area contributed by atoms with Gasteiger partial charge in [-0.3, -0.25) is 4.79 Å². The molecule has 0 radical (unpaired) electrons. The average molecular weight is 447 g/mol. The molecule has 1 aliphatic rings. The summed E-state index contributed by atoms with van der Waals surface area (Å²) in [6, 6.07) is 0. The molecule has 1 aliphatic heterocycles. The molecule has 6 nitrogen and oxygen atoms in total. The van der Waals surface area contributed by atoms with E-state index in [-0.39, 0.29) is 5.60 Å². The zero-order valence-corrected chi connectivity index (χ0v) is 20.0. The molecule has 0 aliphatic carbocycles. The fourth-order valence-electron chi connectivity index (χ4n) is 2.06. The van der Waals surface area contributed by atoms with Crippen molar-refractivity contribution < 1.29 is 9.53 Å². The number of hydrogen-bond donors (Lipinski definition) is 1. The van der Waals surface area contributed by atoms with E-state index in [9.17, 15) is 4.79 Å². The molecule has 0 aromatic carbocycles. The van der Waals surface area contributed by atoms with Gasteiger partial charge < -0.3 is 15.0 Å². The van der Waals surface area contributed by atoms with Gasteiger partial charge in [0.2, 0.25) is 0 Å². The third-order valence-corrected chi connectivity index (χ3v) is 3.84. The first kappa shape index (κ1) is 28.0. The predicted molar refractivity (Wildman–Crippen MR) is 118 cm³/mol. The fraction of sp³-hybridized carbons (Fsp3) is 0.750. The maximum Gasteiger partial charge on any atom is 0.293 e. The zero-order chi connectivity index (χ0) is 21.3. The summed E-state index contributed by atoms with van der Waals surface area (Å²) in [7, 11) is 2.18. The van der Waals surface area contributed by atoms with Crippen molar-refractivity contribution in [3.63, 3.8) is 0 Å². The number of nitrogens with one attached hydrogen (secondary N) is 1. The van der Waals surface area contributed by atoms with Crippen LogP contribution in [0.1, 0.15) is 61.3 Å². The zero-order valence-electron chi connectivity index (χ0n) is 18.4. The van der Waals surface area contributed by atoms with Crippen LogP contribution in [-0.2, 0) is 9.53 Å². The van der Waals surface area contributed by atoms with Crippen molar-refractivity contribution in [3.8, 4) is 0 Å². The molecular formula is C20H39BrN4O2. The van der Waals surface area contributed by atoms with E-state index in [1.165, 1.54) is 25.9 Å². The summed E-state index contributed by atoms with van der Waals surface area (Å²) in [6.45, 7) is 17.3. The van der Waals surface area contributed by atoms with Crippen molar-refractivity contribution in [1.82, 2.24) is 14.9 Å². The Morgan fingerprint density at radius 3 is 2.11 bits per heavy atom. The van der Waals surface area contributed by atoms with Gasteiger partial charge in [0.25, 0.3) is 6.47 Å². The number of halogens is 1. The Hall–Kier alpha value is -1.21. The molecular weight excluding hydrogens is 408 g/mol. The van der Waals surface area contributed by atoms with Crippen LogP contribution in [0.25, 0.3) is 0 Å². The number of nitrogens with zero attached hydrogens (tertiary/aromatic N) is 3. The monoisotopic (exact) mass is 446 g/mol. The molecule has 1 saturated heterocycles. The van der Waals surface area contributed by atoms with Gasteiger partial charge >= 0.3 is 0 Å². The Balaban J connectivity index is 0. The lowest BCUT2D eigenvalue weighted by atomic mass is 9.97. The maximum absolute atomic E-state index is 9.60. The molecule has 0 saturated carbocycles. The second-order valence-electron chi connectivity index (χ2n) is 6.68. The molecule has 1 N–H and O–H groups in total. The summed E-state index contributed by atoms with van der Waals surface area (Å²) in [5.74, 6) is 1.63. The van der Waals surface area contributed by atoms with Crippen LogP contribution in [0.3, 0.4) is 0 Å². The lowest BCUT2D eigenvalue weighted by molar-refractivity contribution is -0.138. The van der Waals surface area contributed by atoms with E-state index in [0.717, 1.165) is 22.9 Å². The number of ether oxygens (including phenoxy) is 1.